The molecule has 14 heavy (non-hydrogen) atoms. The van der Waals surface area contributed by atoms with Crippen molar-refractivity contribution in [2.75, 3.05) is 19.6 Å². The highest BCUT2D eigenvalue weighted by molar-refractivity contribution is 5.53. The molecule has 0 spiro atoms. The van der Waals surface area contributed by atoms with Crippen molar-refractivity contribution in [3.05, 3.63) is 0 Å². The SMILES string of the molecule is CC1(CN2CCC(C=O)CC2)CCC1. The van der Waals surface area contributed by atoms with E-state index < -0.39 is 0 Å². The number of nitrogens with zero attached hydrogens (tertiary/aromatic N) is 1. The standard InChI is InChI=1S/C12H21NO/c1-12(5-2-6-12)10-13-7-3-11(9-14)4-8-13/h9,11H,2-8,10H2,1H3. The fraction of sp³-hybridized carbons (Fsp3) is 0.917. The quantitative estimate of drug-likeness (QED) is 0.643. The van der Waals surface area contributed by atoms with Crippen molar-refractivity contribution in [3.8, 4) is 0 Å². The Labute approximate surface area is 86.7 Å². The lowest BCUT2D eigenvalue weighted by Crippen LogP contribution is -2.43. The lowest BCUT2D eigenvalue weighted by Gasteiger charge is -2.43. The third kappa shape index (κ3) is 2.17. The Balaban J connectivity index is 1.75. The van der Waals surface area contributed by atoms with Crippen LogP contribution >= 0.6 is 0 Å². The first kappa shape index (κ1) is 10.2. The number of carbonyl (C=O) groups is 1. The topological polar surface area (TPSA) is 20.3 Å². The van der Waals surface area contributed by atoms with Crippen LogP contribution in [0.5, 0.6) is 0 Å². The fourth-order valence-electron chi connectivity index (χ4n) is 2.73. The largest absolute Gasteiger partial charge is 0.303 e. The van der Waals surface area contributed by atoms with Gasteiger partial charge in [0.15, 0.2) is 0 Å². The summed E-state index contributed by atoms with van der Waals surface area (Å²) in [5.41, 5.74) is 0.605. The number of rotatable bonds is 3. The molecule has 0 atom stereocenters. The summed E-state index contributed by atoms with van der Waals surface area (Å²) in [7, 11) is 0. The lowest BCUT2D eigenvalue weighted by atomic mass is 9.70. The van der Waals surface area contributed by atoms with Gasteiger partial charge in [0.25, 0.3) is 0 Å². The number of carbonyl (C=O) groups excluding carboxylic acids is 1. The van der Waals surface area contributed by atoms with Crippen LogP contribution < -0.4 is 0 Å². The van der Waals surface area contributed by atoms with Gasteiger partial charge in [-0.05, 0) is 44.2 Å². The van der Waals surface area contributed by atoms with Gasteiger partial charge in [-0.2, -0.15) is 0 Å². The van der Waals surface area contributed by atoms with E-state index in [1.54, 1.807) is 0 Å². The first-order valence-corrected chi connectivity index (χ1v) is 5.89. The minimum absolute atomic E-state index is 0.348. The smallest absolute Gasteiger partial charge is 0.123 e. The third-order valence-electron chi connectivity index (χ3n) is 3.99. The average molecular weight is 195 g/mol. The molecular formula is C12H21NO. The molecule has 0 amide bonds. The second-order valence-corrected chi connectivity index (χ2v) is 5.41. The Morgan fingerprint density at radius 1 is 1.36 bits per heavy atom. The Bertz CT molecular complexity index is 202. The van der Waals surface area contributed by atoms with E-state index >= 15 is 0 Å². The first-order valence-electron chi connectivity index (χ1n) is 5.89. The van der Waals surface area contributed by atoms with Crippen molar-refractivity contribution in [2.45, 2.75) is 39.0 Å². The summed E-state index contributed by atoms with van der Waals surface area (Å²) in [6.07, 6.45) is 7.53. The van der Waals surface area contributed by atoms with Crippen LogP contribution in [-0.2, 0) is 4.79 Å². The second kappa shape index (κ2) is 4.01. The molecule has 2 rings (SSSR count). The average Bonchev–Trinajstić information content (AvgIpc) is 2.17. The monoisotopic (exact) mass is 195 g/mol. The molecule has 2 fully saturated rings. The van der Waals surface area contributed by atoms with E-state index in [4.69, 9.17) is 0 Å². The molecule has 0 aromatic rings. The van der Waals surface area contributed by atoms with Gasteiger partial charge < -0.3 is 9.69 Å². The molecule has 2 heteroatoms. The second-order valence-electron chi connectivity index (χ2n) is 5.41. The molecular weight excluding hydrogens is 174 g/mol. The van der Waals surface area contributed by atoms with Crippen LogP contribution in [0.3, 0.4) is 0 Å². The van der Waals surface area contributed by atoms with Crippen molar-refractivity contribution in [3.63, 3.8) is 0 Å². The van der Waals surface area contributed by atoms with Crippen LogP contribution in [-0.4, -0.2) is 30.8 Å². The van der Waals surface area contributed by atoms with Crippen LogP contribution in [0.1, 0.15) is 39.0 Å². The summed E-state index contributed by atoms with van der Waals surface area (Å²) in [6, 6.07) is 0. The Hall–Kier alpha value is -0.370. The van der Waals surface area contributed by atoms with Crippen LogP contribution in [0.15, 0.2) is 0 Å². The van der Waals surface area contributed by atoms with E-state index in [0.717, 1.165) is 32.2 Å². The van der Waals surface area contributed by atoms with Crippen molar-refractivity contribution in [1.82, 2.24) is 4.90 Å². The molecule has 0 N–H and O–H groups in total. The molecule has 1 saturated heterocycles. The lowest BCUT2D eigenvalue weighted by molar-refractivity contribution is -0.112. The normalized spacial score (nSPS) is 28.4. The highest BCUT2D eigenvalue weighted by atomic mass is 16.1. The summed E-state index contributed by atoms with van der Waals surface area (Å²) in [5.74, 6) is 0.348. The van der Waals surface area contributed by atoms with Gasteiger partial charge in [-0.3, -0.25) is 0 Å². The number of hydrogen-bond acceptors (Lipinski definition) is 2. The molecule has 0 unspecified atom stereocenters. The molecule has 0 radical (unpaired) electrons. The molecule has 1 aliphatic carbocycles. The molecule has 80 valence electrons. The highest BCUT2D eigenvalue weighted by Gasteiger charge is 2.34. The molecule has 1 heterocycles. The summed E-state index contributed by atoms with van der Waals surface area (Å²) in [6.45, 7) is 5.94. The maximum absolute atomic E-state index is 10.6. The van der Waals surface area contributed by atoms with Gasteiger partial charge >= 0.3 is 0 Å². The Morgan fingerprint density at radius 3 is 2.43 bits per heavy atom. The zero-order valence-corrected chi connectivity index (χ0v) is 9.17. The van der Waals surface area contributed by atoms with Crippen LogP contribution in [0.2, 0.25) is 0 Å². The highest BCUT2D eigenvalue weighted by Crippen LogP contribution is 2.41. The molecule has 2 aliphatic rings. The number of hydrogen-bond donors (Lipinski definition) is 0. The summed E-state index contributed by atoms with van der Waals surface area (Å²) in [4.78, 5) is 13.2. The van der Waals surface area contributed by atoms with Gasteiger partial charge in [0.1, 0.15) is 6.29 Å². The van der Waals surface area contributed by atoms with Crippen LogP contribution in [0.25, 0.3) is 0 Å². The maximum Gasteiger partial charge on any atom is 0.123 e. The fourth-order valence-corrected chi connectivity index (χ4v) is 2.73. The minimum atomic E-state index is 0.348. The number of aldehydes is 1. The van der Waals surface area contributed by atoms with Gasteiger partial charge in [0.2, 0.25) is 0 Å². The molecule has 1 aliphatic heterocycles. The van der Waals surface area contributed by atoms with E-state index in [9.17, 15) is 4.79 Å². The zero-order chi connectivity index (χ0) is 10.0. The predicted molar refractivity (Wildman–Crippen MR) is 57.2 cm³/mol. The first-order chi connectivity index (χ1) is 6.72. The minimum Gasteiger partial charge on any atom is -0.303 e. The summed E-state index contributed by atoms with van der Waals surface area (Å²) in [5, 5.41) is 0. The van der Waals surface area contributed by atoms with E-state index in [2.05, 4.69) is 11.8 Å². The maximum atomic E-state index is 10.6. The number of piperidine rings is 1. The van der Waals surface area contributed by atoms with E-state index in [1.165, 1.54) is 25.8 Å². The van der Waals surface area contributed by atoms with E-state index in [-0.39, 0.29) is 0 Å². The summed E-state index contributed by atoms with van der Waals surface area (Å²) >= 11 is 0. The Morgan fingerprint density at radius 2 is 2.00 bits per heavy atom. The van der Waals surface area contributed by atoms with Crippen LogP contribution in [0, 0.1) is 11.3 Å². The molecule has 1 saturated carbocycles. The van der Waals surface area contributed by atoms with Crippen molar-refractivity contribution in [2.24, 2.45) is 11.3 Å². The molecule has 0 aromatic carbocycles. The van der Waals surface area contributed by atoms with Gasteiger partial charge in [-0.1, -0.05) is 13.3 Å². The zero-order valence-electron chi connectivity index (χ0n) is 9.17. The number of likely N-dealkylation sites (tertiary alicyclic amines) is 1. The van der Waals surface area contributed by atoms with E-state index in [1.807, 2.05) is 0 Å². The van der Waals surface area contributed by atoms with Crippen LogP contribution in [0.4, 0.5) is 0 Å². The van der Waals surface area contributed by atoms with Gasteiger partial charge in [-0.25, -0.2) is 0 Å². The van der Waals surface area contributed by atoms with E-state index in [0.29, 0.717) is 11.3 Å². The van der Waals surface area contributed by atoms with Crippen molar-refractivity contribution >= 4 is 6.29 Å². The summed E-state index contributed by atoms with van der Waals surface area (Å²) < 4.78 is 0. The molecule has 2 nitrogen and oxygen atoms in total. The molecule has 0 aromatic heterocycles. The van der Waals surface area contributed by atoms with Gasteiger partial charge in [-0.15, -0.1) is 0 Å². The van der Waals surface area contributed by atoms with Crippen molar-refractivity contribution in [1.29, 1.82) is 0 Å². The van der Waals surface area contributed by atoms with Gasteiger partial charge in [0.05, 0.1) is 0 Å². The van der Waals surface area contributed by atoms with Crippen molar-refractivity contribution < 1.29 is 4.79 Å². The Kier molecular flexibility index (Phi) is 2.91. The molecule has 0 bridgehead atoms. The van der Waals surface area contributed by atoms with Gasteiger partial charge in [0, 0.05) is 12.5 Å². The predicted octanol–water partition coefficient (Wildman–Crippen LogP) is 2.09. The third-order valence-corrected chi connectivity index (χ3v) is 3.99.